The van der Waals surface area contributed by atoms with Crippen molar-refractivity contribution >= 4 is 5.97 Å². The Balaban J connectivity index is 1.21. The first kappa shape index (κ1) is 33.0. The van der Waals surface area contributed by atoms with Crippen LogP contribution in [0.15, 0.2) is 18.2 Å². The number of rotatable bonds is 14. The smallest absolute Gasteiger partial charge is 0.453 e. The van der Waals surface area contributed by atoms with Gasteiger partial charge in [0.1, 0.15) is 5.75 Å². The van der Waals surface area contributed by atoms with E-state index in [0.717, 1.165) is 70.6 Å². The van der Waals surface area contributed by atoms with E-state index in [2.05, 4.69) is 13.0 Å². The summed E-state index contributed by atoms with van der Waals surface area (Å²) in [7, 11) is 0. The highest BCUT2D eigenvalue weighted by Crippen LogP contribution is 2.62. The van der Waals surface area contributed by atoms with Crippen LogP contribution in [0.1, 0.15) is 120 Å². The fraction of sp³-hybridized carbons (Fsp3) is 0.788. The Morgan fingerprint density at radius 3 is 2.33 bits per heavy atom. The standard InChI is InChI=1S/C33H47F5O4/c1-31-18-16-26-25-13-12-24(39)20-23(25)19-22(29(26)27(31)14-15-28(31)40)10-7-5-3-2-4-6-9-21(30(41)42)11-8-17-32(34,35)33(36,37)38/h12-13,20-22,26-29,39-40H,2-11,14-19H2,1H3,(H,41,42)/t21?,22?,26?,27?,28-,29?,31-/m0/s1. The number of aliphatic hydroxyl groups is 1. The lowest BCUT2D eigenvalue weighted by Crippen LogP contribution is -2.47. The molecular weight excluding hydrogens is 555 g/mol. The van der Waals surface area contributed by atoms with Gasteiger partial charge in [-0.1, -0.05) is 51.5 Å². The fourth-order valence-electron chi connectivity index (χ4n) is 8.64. The van der Waals surface area contributed by atoms with Crippen LogP contribution in [0.4, 0.5) is 22.0 Å². The molecule has 3 aliphatic rings. The molecule has 2 saturated carbocycles. The number of aliphatic hydroxyl groups excluding tert-OH is 1. The summed E-state index contributed by atoms with van der Waals surface area (Å²) < 4.78 is 63.3. The second-order valence-electron chi connectivity index (χ2n) is 13.6. The lowest BCUT2D eigenvalue weighted by atomic mass is 9.52. The number of unbranched alkanes of at least 4 members (excludes halogenated alkanes) is 5. The molecule has 1 aromatic carbocycles. The Kier molecular flexibility index (Phi) is 10.5. The van der Waals surface area contributed by atoms with Crippen molar-refractivity contribution in [3.63, 3.8) is 0 Å². The fourth-order valence-corrected chi connectivity index (χ4v) is 8.64. The summed E-state index contributed by atoms with van der Waals surface area (Å²) in [6.07, 6.45) is 4.04. The molecule has 0 bridgehead atoms. The summed E-state index contributed by atoms with van der Waals surface area (Å²) in [6.45, 7) is 2.28. The lowest BCUT2D eigenvalue weighted by Gasteiger charge is -2.53. The van der Waals surface area contributed by atoms with Gasteiger partial charge < -0.3 is 15.3 Å². The monoisotopic (exact) mass is 602 g/mol. The van der Waals surface area contributed by atoms with E-state index in [4.69, 9.17) is 0 Å². The molecule has 238 valence electrons. The predicted molar refractivity (Wildman–Crippen MR) is 151 cm³/mol. The Bertz CT molecular complexity index is 1060. The second kappa shape index (κ2) is 13.4. The first-order valence-electron chi connectivity index (χ1n) is 15.9. The summed E-state index contributed by atoms with van der Waals surface area (Å²) in [5, 5.41) is 30.4. The molecule has 1 aromatic rings. The lowest BCUT2D eigenvalue weighted by molar-refractivity contribution is -0.284. The highest BCUT2D eigenvalue weighted by atomic mass is 19.4. The molecule has 0 aliphatic heterocycles. The van der Waals surface area contributed by atoms with Crippen LogP contribution in [0, 0.1) is 29.1 Å². The maximum absolute atomic E-state index is 13.1. The van der Waals surface area contributed by atoms with Crippen molar-refractivity contribution in [1.29, 1.82) is 0 Å². The number of carboxylic acids is 1. The number of aromatic hydroxyl groups is 1. The predicted octanol–water partition coefficient (Wildman–Crippen LogP) is 9.02. The van der Waals surface area contributed by atoms with Crippen LogP contribution in [0.3, 0.4) is 0 Å². The molecule has 3 N–H and O–H groups in total. The zero-order valence-electron chi connectivity index (χ0n) is 24.6. The Hall–Kier alpha value is -1.90. The van der Waals surface area contributed by atoms with Crippen molar-refractivity contribution in [2.24, 2.45) is 29.1 Å². The number of phenolic OH excluding ortho intramolecular Hbond substituents is 1. The van der Waals surface area contributed by atoms with E-state index in [1.165, 1.54) is 11.1 Å². The van der Waals surface area contributed by atoms with Gasteiger partial charge >= 0.3 is 18.1 Å². The molecule has 9 heteroatoms. The molecule has 4 rings (SSSR count). The number of carboxylic acid groups (broad SMARTS) is 1. The number of alkyl halides is 5. The van der Waals surface area contributed by atoms with Crippen molar-refractivity contribution < 1.29 is 42.1 Å². The molecule has 5 unspecified atom stereocenters. The van der Waals surface area contributed by atoms with Gasteiger partial charge in [-0.25, -0.2) is 0 Å². The minimum atomic E-state index is -5.60. The highest BCUT2D eigenvalue weighted by molar-refractivity contribution is 5.69. The maximum atomic E-state index is 13.1. The van der Waals surface area contributed by atoms with Gasteiger partial charge in [0.15, 0.2) is 0 Å². The Morgan fingerprint density at radius 1 is 0.976 bits per heavy atom. The molecule has 7 atom stereocenters. The number of halogens is 5. The summed E-state index contributed by atoms with van der Waals surface area (Å²) in [5.41, 5.74) is 2.63. The molecule has 0 spiro atoms. The third-order valence-corrected chi connectivity index (χ3v) is 11.0. The van der Waals surface area contributed by atoms with Crippen molar-refractivity contribution in [3.05, 3.63) is 29.3 Å². The zero-order chi connectivity index (χ0) is 30.7. The average molecular weight is 603 g/mol. The maximum Gasteiger partial charge on any atom is 0.453 e. The van der Waals surface area contributed by atoms with Crippen LogP contribution >= 0.6 is 0 Å². The van der Waals surface area contributed by atoms with E-state index in [1.54, 1.807) is 6.07 Å². The number of aliphatic carboxylic acids is 1. The number of benzene rings is 1. The number of hydrogen-bond acceptors (Lipinski definition) is 3. The first-order chi connectivity index (χ1) is 19.7. The molecule has 3 aliphatic carbocycles. The first-order valence-corrected chi connectivity index (χ1v) is 15.9. The van der Waals surface area contributed by atoms with Gasteiger partial charge in [0.05, 0.1) is 12.0 Å². The van der Waals surface area contributed by atoms with E-state index in [-0.39, 0.29) is 24.4 Å². The molecule has 0 saturated heterocycles. The second-order valence-corrected chi connectivity index (χ2v) is 13.6. The van der Waals surface area contributed by atoms with Crippen LogP contribution in [-0.4, -0.2) is 39.5 Å². The summed E-state index contributed by atoms with van der Waals surface area (Å²) in [4.78, 5) is 11.5. The molecule has 0 radical (unpaired) electrons. The van der Waals surface area contributed by atoms with Crippen molar-refractivity contribution in [1.82, 2.24) is 0 Å². The molecule has 0 heterocycles. The minimum Gasteiger partial charge on any atom is -0.508 e. The SMILES string of the molecule is C[C@]12CCC3c4ccc(O)cc4CC(CCCCCCCCC(CCCC(F)(F)C(F)(F)F)C(=O)O)C3C1CC[C@@H]2O. The summed E-state index contributed by atoms with van der Waals surface area (Å²) >= 11 is 0. The van der Waals surface area contributed by atoms with Crippen molar-refractivity contribution in [3.8, 4) is 5.75 Å². The van der Waals surface area contributed by atoms with Gasteiger partial charge in [-0.05, 0) is 110 Å². The molecule has 2 fully saturated rings. The van der Waals surface area contributed by atoms with Crippen molar-refractivity contribution in [2.45, 2.75) is 134 Å². The largest absolute Gasteiger partial charge is 0.508 e. The van der Waals surface area contributed by atoms with Crippen LogP contribution in [0.25, 0.3) is 0 Å². The topological polar surface area (TPSA) is 77.8 Å². The van der Waals surface area contributed by atoms with E-state index in [1.807, 2.05) is 6.07 Å². The van der Waals surface area contributed by atoms with Gasteiger partial charge in [0, 0.05) is 6.42 Å². The summed E-state index contributed by atoms with van der Waals surface area (Å²) in [6, 6.07) is 5.85. The number of phenols is 1. The Morgan fingerprint density at radius 2 is 1.64 bits per heavy atom. The third kappa shape index (κ3) is 7.24. The van der Waals surface area contributed by atoms with Crippen molar-refractivity contribution in [2.75, 3.05) is 0 Å². The number of hydrogen-bond donors (Lipinski definition) is 3. The van der Waals surface area contributed by atoms with Crippen LogP contribution in [0.2, 0.25) is 0 Å². The van der Waals surface area contributed by atoms with Gasteiger partial charge in [0.25, 0.3) is 0 Å². The molecule has 42 heavy (non-hydrogen) atoms. The van der Waals surface area contributed by atoms with E-state index in [0.29, 0.717) is 35.8 Å². The molecule has 0 aromatic heterocycles. The van der Waals surface area contributed by atoms with Crippen LogP contribution in [-0.2, 0) is 11.2 Å². The van der Waals surface area contributed by atoms with Gasteiger partial charge in [0.2, 0.25) is 0 Å². The van der Waals surface area contributed by atoms with E-state index >= 15 is 0 Å². The highest BCUT2D eigenvalue weighted by Gasteiger charge is 2.57. The minimum absolute atomic E-state index is 0.0130. The van der Waals surface area contributed by atoms with Gasteiger partial charge in [-0.2, -0.15) is 22.0 Å². The quantitative estimate of drug-likeness (QED) is 0.147. The molecular formula is C33H47F5O4. The molecule has 0 amide bonds. The van der Waals surface area contributed by atoms with Crippen LogP contribution in [0.5, 0.6) is 5.75 Å². The zero-order valence-corrected chi connectivity index (χ0v) is 24.6. The average Bonchev–Trinajstić information content (AvgIpc) is 3.21. The van der Waals surface area contributed by atoms with Gasteiger partial charge in [-0.15, -0.1) is 0 Å². The Labute approximate surface area is 246 Å². The third-order valence-electron chi connectivity index (χ3n) is 11.0. The van der Waals surface area contributed by atoms with Crippen LogP contribution < -0.4 is 0 Å². The number of carbonyl (C=O) groups is 1. The normalized spacial score (nSPS) is 29.9. The van der Waals surface area contributed by atoms with Gasteiger partial charge in [-0.3, -0.25) is 4.79 Å². The summed E-state index contributed by atoms with van der Waals surface area (Å²) in [5.74, 6) is -4.46. The molecule has 4 nitrogen and oxygen atoms in total. The van der Waals surface area contributed by atoms with E-state index in [9.17, 15) is 42.1 Å². The van der Waals surface area contributed by atoms with E-state index < -0.39 is 36.8 Å². The number of fused-ring (bicyclic) bond motifs is 5.